The molecule has 1 N–H and O–H groups in total. The van der Waals surface area contributed by atoms with Gasteiger partial charge >= 0.3 is 0 Å². The van der Waals surface area contributed by atoms with Crippen LogP contribution in [0, 0.1) is 5.41 Å². The number of rotatable bonds is 5. The molecule has 2 aliphatic rings. The van der Waals surface area contributed by atoms with E-state index in [1.54, 1.807) is 0 Å². The van der Waals surface area contributed by atoms with E-state index in [0.717, 1.165) is 25.7 Å². The van der Waals surface area contributed by atoms with Crippen LogP contribution in [0.1, 0.15) is 19.3 Å². The average molecular weight is 255 g/mol. The lowest BCUT2D eigenvalue weighted by atomic mass is 9.79. The first kappa shape index (κ1) is 14.3. The Bertz CT molecular complexity index is 246. The zero-order valence-corrected chi connectivity index (χ0v) is 12.2. The van der Waals surface area contributed by atoms with E-state index in [-0.39, 0.29) is 0 Å². The zero-order chi connectivity index (χ0) is 13.0. The van der Waals surface area contributed by atoms with Crippen molar-refractivity contribution in [1.82, 2.24) is 15.1 Å². The summed E-state index contributed by atoms with van der Waals surface area (Å²) in [5.41, 5.74) is 0.390. The van der Waals surface area contributed by atoms with Gasteiger partial charge in [-0.1, -0.05) is 0 Å². The highest BCUT2D eigenvalue weighted by Gasteiger charge is 2.36. The minimum Gasteiger partial charge on any atom is -0.384 e. The molecule has 1 unspecified atom stereocenters. The zero-order valence-electron chi connectivity index (χ0n) is 12.2. The molecule has 0 aliphatic carbocycles. The van der Waals surface area contributed by atoms with Crippen LogP contribution in [0.4, 0.5) is 0 Å². The maximum atomic E-state index is 5.50. The van der Waals surface area contributed by atoms with E-state index in [9.17, 15) is 0 Å². The Labute approximate surface area is 112 Å². The van der Waals surface area contributed by atoms with Crippen molar-refractivity contribution in [2.45, 2.75) is 25.3 Å². The molecule has 2 saturated heterocycles. The van der Waals surface area contributed by atoms with Gasteiger partial charge in [0.05, 0.1) is 6.61 Å². The molecule has 2 rings (SSSR count). The summed E-state index contributed by atoms with van der Waals surface area (Å²) in [5.74, 6) is 0. The summed E-state index contributed by atoms with van der Waals surface area (Å²) in [6, 6.07) is 0.742. The second-order valence-corrected chi connectivity index (χ2v) is 6.32. The van der Waals surface area contributed by atoms with Gasteiger partial charge in [0.25, 0.3) is 0 Å². The molecule has 1 atom stereocenters. The predicted molar refractivity (Wildman–Crippen MR) is 74.9 cm³/mol. The van der Waals surface area contributed by atoms with E-state index < -0.39 is 0 Å². The van der Waals surface area contributed by atoms with Gasteiger partial charge in [-0.3, -0.25) is 0 Å². The van der Waals surface area contributed by atoms with E-state index in [2.05, 4.69) is 29.2 Å². The normalized spacial score (nSPS) is 29.0. The standard InChI is InChI=1S/C14H29N3O/c1-16(2)13-4-9-17(10-13)11-14(12-18-3)5-7-15-8-6-14/h13,15H,4-12H2,1-3H3. The van der Waals surface area contributed by atoms with Crippen LogP contribution in [0.2, 0.25) is 0 Å². The maximum absolute atomic E-state index is 5.50. The van der Waals surface area contributed by atoms with Gasteiger partial charge in [-0.05, 0) is 53.0 Å². The average Bonchev–Trinajstić information content (AvgIpc) is 2.79. The Morgan fingerprint density at radius 1 is 1.33 bits per heavy atom. The smallest absolute Gasteiger partial charge is 0.0531 e. The molecule has 2 fully saturated rings. The first-order valence-electron chi connectivity index (χ1n) is 7.24. The van der Waals surface area contributed by atoms with Gasteiger partial charge in [-0.25, -0.2) is 0 Å². The van der Waals surface area contributed by atoms with E-state index in [4.69, 9.17) is 4.74 Å². The van der Waals surface area contributed by atoms with E-state index in [1.165, 1.54) is 38.9 Å². The lowest BCUT2D eigenvalue weighted by Crippen LogP contribution is -2.47. The van der Waals surface area contributed by atoms with Crippen molar-refractivity contribution in [2.75, 3.05) is 60.5 Å². The first-order valence-corrected chi connectivity index (χ1v) is 7.24. The molecule has 18 heavy (non-hydrogen) atoms. The second-order valence-electron chi connectivity index (χ2n) is 6.32. The van der Waals surface area contributed by atoms with Crippen molar-refractivity contribution in [3.05, 3.63) is 0 Å². The molecular weight excluding hydrogens is 226 g/mol. The van der Waals surface area contributed by atoms with Crippen molar-refractivity contribution in [1.29, 1.82) is 0 Å². The number of ether oxygens (including phenoxy) is 1. The van der Waals surface area contributed by atoms with Gasteiger partial charge in [-0.15, -0.1) is 0 Å². The monoisotopic (exact) mass is 255 g/mol. The maximum Gasteiger partial charge on any atom is 0.0531 e. The number of nitrogens with zero attached hydrogens (tertiary/aromatic N) is 2. The highest BCUT2D eigenvalue weighted by Crippen LogP contribution is 2.31. The number of hydrogen-bond acceptors (Lipinski definition) is 4. The van der Waals surface area contributed by atoms with E-state index in [0.29, 0.717) is 5.41 Å². The number of likely N-dealkylation sites (tertiary alicyclic amines) is 1. The SMILES string of the molecule is COCC1(CN2CCC(N(C)C)C2)CCNCC1. The van der Waals surface area contributed by atoms with Crippen LogP contribution in [-0.2, 0) is 4.74 Å². The largest absolute Gasteiger partial charge is 0.384 e. The molecule has 0 aromatic heterocycles. The van der Waals surface area contributed by atoms with Crippen molar-refractivity contribution in [3.8, 4) is 0 Å². The Morgan fingerprint density at radius 2 is 2.06 bits per heavy atom. The van der Waals surface area contributed by atoms with Gasteiger partial charge in [0.1, 0.15) is 0 Å². The molecule has 0 saturated carbocycles. The summed E-state index contributed by atoms with van der Waals surface area (Å²) in [4.78, 5) is 5.01. The number of hydrogen-bond donors (Lipinski definition) is 1. The summed E-state index contributed by atoms with van der Waals surface area (Å²) in [6.45, 7) is 6.90. The molecule has 4 nitrogen and oxygen atoms in total. The van der Waals surface area contributed by atoms with Crippen LogP contribution in [0.25, 0.3) is 0 Å². The summed E-state index contributed by atoms with van der Waals surface area (Å²) >= 11 is 0. The Morgan fingerprint density at radius 3 is 2.61 bits per heavy atom. The Kier molecular flexibility index (Phi) is 5.01. The minimum absolute atomic E-state index is 0.390. The minimum atomic E-state index is 0.390. The topological polar surface area (TPSA) is 27.7 Å². The Balaban J connectivity index is 1.89. The van der Waals surface area contributed by atoms with Crippen molar-refractivity contribution in [3.63, 3.8) is 0 Å². The molecule has 0 bridgehead atoms. The molecule has 0 amide bonds. The van der Waals surface area contributed by atoms with Gasteiger partial charge in [0.2, 0.25) is 0 Å². The highest BCUT2D eigenvalue weighted by atomic mass is 16.5. The molecule has 0 radical (unpaired) electrons. The fourth-order valence-corrected chi connectivity index (χ4v) is 3.46. The molecule has 106 valence electrons. The van der Waals surface area contributed by atoms with Crippen LogP contribution in [-0.4, -0.2) is 76.4 Å². The first-order chi connectivity index (χ1) is 8.65. The summed E-state index contributed by atoms with van der Waals surface area (Å²) in [5, 5.41) is 3.47. The summed E-state index contributed by atoms with van der Waals surface area (Å²) < 4.78 is 5.50. The molecule has 4 heteroatoms. The third-order valence-corrected chi connectivity index (χ3v) is 4.65. The fraction of sp³-hybridized carbons (Fsp3) is 1.00. The number of likely N-dealkylation sites (N-methyl/N-ethyl adjacent to an activating group) is 1. The van der Waals surface area contributed by atoms with Crippen LogP contribution < -0.4 is 5.32 Å². The number of piperidine rings is 1. The van der Waals surface area contributed by atoms with Gasteiger partial charge in [0, 0.05) is 31.7 Å². The van der Waals surface area contributed by atoms with Crippen LogP contribution in [0.15, 0.2) is 0 Å². The van der Waals surface area contributed by atoms with Crippen LogP contribution in [0.5, 0.6) is 0 Å². The Hall–Kier alpha value is -0.160. The molecule has 2 aliphatic heterocycles. The lowest BCUT2D eigenvalue weighted by Gasteiger charge is -2.40. The van der Waals surface area contributed by atoms with Gasteiger partial charge in [0.15, 0.2) is 0 Å². The second kappa shape index (κ2) is 6.33. The van der Waals surface area contributed by atoms with Crippen LogP contribution in [0.3, 0.4) is 0 Å². The highest BCUT2D eigenvalue weighted by molar-refractivity contribution is 4.91. The molecule has 0 aromatic rings. The predicted octanol–water partition coefficient (Wildman–Crippen LogP) is 0.639. The number of nitrogens with one attached hydrogen (secondary N) is 1. The molecule has 2 heterocycles. The third-order valence-electron chi connectivity index (χ3n) is 4.65. The van der Waals surface area contributed by atoms with Crippen LogP contribution >= 0.6 is 0 Å². The summed E-state index contributed by atoms with van der Waals surface area (Å²) in [6.07, 6.45) is 3.82. The molecule has 0 spiro atoms. The fourth-order valence-electron chi connectivity index (χ4n) is 3.46. The van der Waals surface area contributed by atoms with Gasteiger partial charge in [-0.2, -0.15) is 0 Å². The van der Waals surface area contributed by atoms with Gasteiger partial charge < -0.3 is 19.9 Å². The summed E-state index contributed by atoms with van der Waals surface area (Å²) in [7, 11) is 6.24. The quantitative estimate of drug-likeness (QED) is 0.780. The van der Waals surface area contributed by atoms with E-state index >= 15 is 0 Å². The van der Waals surface area contributed by atoms with E-state index in [1.807, 2.05) is 7.11 Å². The third kappa shape index (κ3) is 3.44. The lowest BCUT2D eigenvalue weighted by molar-refractivity contribution is 0.0267. The van der Waals surface area contributed by atoms with Crippen molar-refractivity contribution in [2.24, 2.45) is 5.41 Å². The number of methoxy groups -OCH3 is 1. The molecule has 0 aromatic carbocycles. The molecular formula is C14H29N3O. The van der Waals surface area contributed by atoms with Crippen molar-refractivity contribution < 1.29 is 4.74 Å². The van der Waals surface area contributed by atoms with Crippen molar-refractivity contribution >= 4 is 0 Å².